The van der Waals surface area contributed by atoms with Gasteiger partial charge in [-0.15, -0.1) is 0 Å². The summed E-state index contributed by atoms with van der Waals surface area (Å²) in [6, 6.07) is 14.1. The molecule has 0 bridgehead atoms. The number of rotatable bonds is 6. The van der Waals surface area contributed by atoms with Crippen molar-refractivity contribution in [3.05, 3.63) is 64.7 Å². The number of benzene rings is 2. The summed E-state index contributed by atoms with van der Waals surface area (Å²) in [6.07, 6.45) is 0. The maximum Gasteiger partial charge on any atom is 0.258 e. The van der Waals surface area contributed by atoms with Crippen molar-refractivity contribution in [2.24, 2.45) is 0 Å². The molecule has 24 heavy (non-hydrogen) atoms. The van der Waals surface area contributed by atoms with Gasteiger partial charge in [-0.3, -0.25) is 4.79 Å². The number of carbonyl (C=O) groups is 1. The number of amides is 1. The summed E-state index contributed by atoms with van der Waals surface area (Å²) in [5.74, 6) is 1.03. The molecule has 0 fully saturated rings. The summed E-state index contributed by atoms with van der Waals surface area (Å²) in [4.78, 5) is 12.2. The maximum absolute atomic E-state index is 12.2. The lowest BCUT2D eigenvalue weighted by molar-refractivity contribution is -0.123. The topological polar surface area (TPSA) is 38.3 Å². The zero-order chi connectivity index (χ0) is 17.7. The van der Waals surface area contributed by atoms with Crippen LogP contribution in [0.1, 0.15) is 55.0 Å². The number of ether oxygens (including phenoxy) is 1. The molecule has 2 aromatic rings. The number of aryl methyl sites for hydroxylation is 2. The van der Waals surface area contributed by atoms with Gasteiger partial charge in [0.05, 0.1) is 6.04 Å². The third-order valence-corrected chi connectivity index (χ3v) is 4.31. The lowest BCUT2D eigenvalue weighted by Gasteiger charge is -2.17. The third kappa shape index (κ3) is 4.60. The van der Waals surface area contributed by atoms with Gasteiger partial charge in [0.25, 0.3) is 5.91 Å². The minimum absolute atomic E-state index is 0.0267. The van der Waals surface area contributed by atoms with Crippen LogP contribution in [0.25, 0.3) is 0 Å². The first kappa shape index (κ1) is 18.1. The van der Waals surface area contributed by atoms with Gasteiger partial charge in [0.15, 0.2) is 6.61 Å². The second kappa shape index (κ2) is 8.00. The molecule has 0 radical (unpaired) electrons. The van der Waals surface area contributed by atoms with Crippen LogP contribution >= 0.6 is 0 Å². The van der Waals surface area contributed by atoms with Crippen molar-refractivity contribution < 1.29 is 9.53 Å². The normalized spacial score (nSPS) is 12.1. The van der Waals surface area contributed by atoms with Crippen molar-refractivity contribution in [2.45, 2.75) is 46.6 Å². The van der Waals surface area contributed by atoms with Crippen LogP contribution in [-0.2, 0) is 4.79 Å². The largest absolute Gasteiger partial charge is 0.483 e. The molecule has 0 aliphatic heterocycles. The van der Waals surface area contributed by atoms with E-state index >= 15 is 0 Å². The molecule has 0 aliphatic rings. The number of carbonyl (C=O) groups excluding carboxylic acids is 1. The fourth-order valence-electron chi connectivity index (χ4n) is 2.63. The van der Waals surface area contributed by atoms with Crippen molar-refractivity contribution >= 4 is 5.91 Å². The smallest absolute Gasteiger partial charge is 0.258 e. The molecule has 0 heterocycles. The standard InChI is InChI=1S/C21H27NO2/c1-14(2)19-8-6-7-9-20(19)24-13-21(23)22-17(5)18-11-10-15(3)16(4)12-18/h6-12,14,17H,13H2,1-5H3,(H,22,23). The van der Waals surface area contributed by atoms with Crippen LogP contribution in [0.4, 0.5) is 0 Å². The number of hydrogen-bond donors (Lipinski definition) is 1. The Morgan fingerprint density at radius 2 is 1.75 bits per heavy atom. The first-order chi connectivity index (χ1) is 11.4. The zero-order valence-electron chi connectivity index (χ0n) is 15.2. The van der Waals surface area contributed by atoms with Crippen molar-refractivity contribution in [1.82, 2.24) is 5.32 Å². The molecule has 0 spiro atoms. The second-order valence-electron chi connectivity index (χ2n) is 6.61. The molecule has 2 aromatic carbocycles. The van der Waals surface area contributed by atoms with Crippen LogP contribution in [0, 0.1) is 13.8 Å². The molecule has 1 atom stereocenters. The molecule has 3 heteroatoms. The van der Waals surface area contributed by atoms with E-state index in [0.717, 1.165) is 16.9 Å². The molecule has 1 N–H and O–H groups in total. The third-order valence-electron chi connectivity index (χ3n) is 4.31. The van der Waals surface area contributed by atoms with Crippen LogP contribution in [0.3, 0.4) is 0 Å². The molecule has 0 saturated carbocycles. The van der Waals surface area contributed by atoms with E-state index in [1.807, 2.05) is 31.2 Å². The molecule has 0 saturated heterocycles. The predicted molar refractivity (Wildman–Crippen MR) is 98.5 cm³/mol. The van der Waals surface area contributed by atoms with Gasteiger partial charge in [0.2, 0.25) is 0 Å². The number of nitrogens with one attached hydrogen (secondary N) is 1. The fourth-order valence-corrected chi connectivity index (χ4v) is 2.63. The fraction of sp³-hybridized carbons (Fsp3) is 0.381. The van der Waals surface area contributed by atoms with E-state index in [2.05, 4.69) is 51.2 Å². The Hall–Kier alpha value is -2.29. The van der Waals surface area contributed by atoms with Crippen molar-refractivity contribution in [2.75, 3.05) is 6.61 Å². The van der Waals surface area contributed by atoms with Crippen LogP contribution in [0.15, 0.2) is 42.5 Å². The summed E-state index contributed by atoms with van der Waals surface area (Å²) in [5, 5.41) is 3.00. The van der Waals surface area contributed by atoms with Crippen molar-refractivity contribution in [1.29, 1.82) is 0 Å². The lowest BCUT2D eigenvalue weighted by atomic mass is 10.0. The lowest BCUT2D eigenvalue weighted by Crippen LogP contribution is -2.31. The number of para-hydroxylation sites is 1. The minimum Gasteiger partial charge on any atom is -0.483 e. The van der Waals surface area contributed by atoms with Gasteiger partial charge in [0, 0.05) is 0 Å². The summed E-state index contributed by atoms with van der Waals surface area (Å²) in [5.41, 5.74) is 4.71. The Labute approximate surface area is 145 Å². The Kier molecular flexibility index (Phi) is 6.02. The highest BCUT2D eigenvalue weighted by atomic mass is 16.5. The molecule has 3 nitrogen and oxygen atoms in total. The average molecular weight is 325 g/mol. The summed E-state index contributed by atoms with van der Waals surface area (Å²) < 4.78 is 5.73. The molecule has 2 rings (SSSR count). The minimum atomic E-state index is -0.112. The van der Waals surface area contributed by atoms with Gasteiger partial charge in [-0.05, 0) is 55.0 Å². The average Bonchev–Trinajstić information content (AvgIpc) is 2.55. The molecule has 0 aromatic heterocycles. The highest BCUT2D eigenvalue weighted by molar-refractivity contribution is 5.78. The first-order valence-corrected chi connectivity index (χ1v) is 8.46. The van der Waals surface area contributed by atoms with Crippen molar-refractivity contribution in [3.63, 3.8) is 0 Å². The monoisotopic (exact) mass is 325 g/mol. The van der Waals surface area contributed by atoms with E-state index in [1.54, 1.807) is 0 Å². The maximum atomic E-state index is 12.2. The zero-order valence-corrected chi connectivity index (χ0v) is 15.2. The SMILES string of the molecule is Cc1ccc(C(C)NC(=O)COc2ccccc2C(C)C)cc1C. The molecule has 1 unspecified atom stereocenters. The Morgan fingerprint density at radius 1 is 1.04 bits per heavy atom. The van der Waals surface area contributed by atoms with Crippen LogP contribution in [-0.4, -0.2) is 12.5 Å². The molecule has 128 valence electrons. The van der Waals surface area contributed by atoms with Gasteiger partial charge in [-0.2, -0.15) is 0 Å². The van der Waals surface area contributed by atoms with E-state index in [4.69, 9.17) is 4.74 Å². The van der Waals surface area contributed by atoms with E-state index < -0.39 is 0 Å². The van der Waals surface area contributed by atoms with E-state index in [1.165, 1.54) is 11.1 Å². The molecule has 1 amide bonds. The Bertz CT molecular complexity index is 707. The van der Waals surface area contributed by atoms with Gasteiger partial charge in [-0.1, -0.05) is 50.2 Å². The van der Waals surface area contributed by atoms with Gasteiger partial charge < -0.3 is 10.1 Å². The molecule has 0 aliphatic carbocycles. The van der Waals surface area contributed by atoms with Gasteiger partial charge >= 0.3 is 0 Å². The molecular formula is C21H27NO2. The van der Waals surface area contributed by atoms with Crippen LogP contribution in [0.2, 0.25) is 0 Å². The number of hydrogen-bond acceptors (Lipinski definition) is 2. The van der Waals surface area contributed by atoms with E-state index in [-0.39, 0.29) is 18.6 Å². The van der Waals surface area contributed by atoms with Gasteiger partial charge in [-0.25, -0.2) is 0 Å². The molecular weight excluding hydrogens is 298 g/mol. The van der Waals surface area contributed by atoms with E-state index in [9.17, 15) is 4.79 Å². The Morgan fingerprint density at radius 3 is 2.42 bits per heavy atom. The highest BCUT2D eigenvalue weighted by Gasteiger charge is 2.12. The van der Waals surface area contributed by atoms with Crippen LogP contribution in [0.5, 0.6) is 5.75 Å². The summed E-state index contributed by atoms with van der Waals surface area (Å²) in [6.45, 7) is 10.4. The second-order valence-corrected chi connectivity index (χ2v) is 6.61. The quantitative estimate of drug-likeness (QED) is 0.837. The summed E-state index contributed by atoms with van der Waals surface area (Å²) >= 11 is 0. The van der Waals surface area contributed by atoms with E-state index in [0.29, 0.717) is 5.92 Å². The highest BCUT2D eigenvalue weighted by Crippen LogP contribution is 2.25. The Balaban J connectivity index is 1.95. The van der Waals surface area contributed by atoms with Crippen molar-refractivity contribution in [3.8, 4) is 5.75 Å². The predicted octanol–water partition coefficient (Wildman–Crippen LogP) is 4.68. The van der Waals surface area contributed by atoms with Gasteiger partial charge in [0.1, 0.15) is 5.75 Å². The first-order valence-electron chi connectivity index (χ1n) is 8.46. The van der Waals surface area contributed by atoms with Crippen LogP contribution < -0.4 is 10.1 Å². The summed E-state index contributed by atoms with van der Waals surface area (Å²) in [7, 11) is 0.